The van der Waals surface area contributed by atoms with E-state index in [4.69, 9.17) is 11.6 Å². The van der Waals surface area contributed by atoms with Crippen LogP contribution in [0.25, 0.3) is 0 Å². The first kappa shape index (κ1) is 11.9. The molecule has 0 heterocycles. The Hall–Kier alpha value is -0.530. The van der Waals surface area contributed by atoms with Crippen molar-refractivity contribution in [2.45, 2.75) is 45.2 Å². The van der Waals surface area contributed by atoms with Gasteiger partial charge in [0.05, 0.1) is 0 Å². The summed E-state index contributed by atoms with van der Waals surface area (Å²) in [6.07, 6.45) is 3.96. The summed E-state index contributed by atoms with van der Waals surface area (Å²) in [7, 11) is 0. The van der Waals surface area contributed by atoms with Crippen molar-refractivity contribution in [2.24, 2.45) is 5.92 Å². The van der Waals surface area contributed by atoms with Gasteiger partial charge >= 0.3 is 0 Å². The highest BCUT2D eigenvalue weighted by Gasteiger charge is 2.23. The molecule has 2 rings (SSSR count). The van der Waals surface area contributed by atoms with Crippen molar-refractivity contribution in [1.29, 1.82) is 0 Å². The number of hydrogen-bond donors (Lipinski definition) is 1. The Morgan fingerprint density at radius 2 is 2.06 bits per heavy atom. The lowest BCUT2D eigenvalue weighted by Crippen LogP contribution is -2.29. The maximum Gasteiger partial charge on any atom is 0.0453 e. The van der Waals surface area contributed by atoms with Gasteiger partial charge in [-0.1, -0.05) is 36.7 Å². The summed E-state index contributed by atoms with van der Waals surface area (Å²) in [6, 6.07) is 9.13. The highest BCUT2D eigenvalue weighted by molar-refractivity contribution is 6.31. The number of rotatable bonds is 3. The molecule has 1 aromatic carbocycles. The van der Waals surface area contributed by atoms with Crippen LogP contribution in [0.3, 0.4) is 0 Å². The third-order valence-electron chi connectivity index (χ3n) is 3.55. The van der Waals surface area contributed by atoms with E-state index in [2.05, 4.69) is 31.3 Å². The molecule has 1 saturated carbocycles. The Balaban J connectivity index is 1.98. The van der Waals surface area contributed by atoms with Crippen molar-refractivity contribution in [2.75, 3.05) is 0 Å². The summed E-state index contributed by atoms with van der Waals surface area (Å²) in [6.45, 7) is 4.53. The van der Waals surface area contributed by atoms with Gasteiger partial charge in [-0.25, -0.2) is 0 Å². The lowest BCUT2D eigenvalue weighted by atomic mass is 10.1. The number of nitrogens with one attached hydrogen (secondary N) is 1. The molecule has 3 atom stereocenters. The zero-order chi connectivity index (χ0) is 11.5. The lowest BCUT2D eigenvalue weighted by Gasteiger charge is -2.20. The molecule has 88 valence electrons. The summed E-state index contributed by atoms with van der Waals surface area (Å²) in [5, 5.41) is 4.55. The van der Waals surface area contributed by atoms with Gasteiger partial charge in [-0.3, -0.25) is 0 Å². The molecule has 1 N–H and O–H groups in total. The van der Waals surface area contributed by atoms with Gasteiger partial charge in [-0.15, -0.1) is 0 Å². The molecule has 1 aliphatic rings. The van der Waals surface area contributed by atoms with Gasteiger partial charge in [-0.05, 0) is 43.7 Å². The molecule has 1 aliphatic carbocycles. The van der Waals surface area contributed by atoms with Crippen LogP contribution in [0, 0.1) is 5.92 Å². The fraction of sp³-hybridized carbons (Fsp3) is 0.571. The molecule has 1 fully saturated rings. The fourth-order valence-corrected chi connectivity index (χ4v) is 2.93. The van der Waals surface area contributed by atoms with Crippen LogP contribution in [0.5, 0.6) is 0 Å². The standard InChI is InChI=1S/C14H20ClN/c1-10-7-8-12(9-10)16-11(2)13-5-3-4-6-14(13)15/h3-6,10-12,16H,7-9H2,1-2H3/t10?,11-,12?/m0/s1. The van der Waals surface area contributed by atoms with Crippen LogP contribution in [-0.4, -0.2) is 6.04 Å². The summed E-state index contributed by atoms with van der Waals surface area (Å²) in [4.78, 5) is 0. The zero-order valence-corrected chi connectivity index (χ0v) is 10.8. The SMILES string of the molecule is CC1CCC(N[C@@H](C)c2ccccc2Cl)C1. The predicted octanol–water partition coefficient (Wildman–Crippen LogP) is 4.18. The van der Waals surface area contributed by atoms with Crippen LogP contribution in [0.15, 0.2) is 24.3 Å². The van der Waals surface area contributed by atoms with E-state index in [9.17, 15) is 0 Å². The highest BCUT2D eigenvalue weighted by Crippen LogP contribution is 2.28. The van der Waals surface area contributed by atoms with Gasteiger partial charge in [0, 0.05) is 17.1 Å². The minimum atomic E-state index is 0.351. The molecule has 0 amide bonds. The molecule has 0 aromatic heterocycles. The van der Waals surface area contributed by atoms with Gasteiger partial charge < -0.3 is 5.32 Å². The van der Waals surface area contributed by atoms with E-state index in [1.165, 1.54) is 24.8 Å². The molecule has 0 aliphatic heterocycles. The highest BCUT2D eigenvalue weighted by atomic mass is 35.5. The van der Waals surface area contributed by atoms with Crippen molar-refractivity contribution >= 4 is 11.6 Å². The second-order valence-corrected chi connectivity index (χ2v) is 5.43. The van der Waals surface area contributed by atoms with Gasteiger partial charge in [-0.2, -0.15) is 0 Å². The van der Waals surface area contributed by atoms with Crippen LogP contribution in [-0.2, 0) is 0 Å². The molecule has 0 bridgehead atoms. The monoisotopic (exact) mass is 237 g/mol. The summed E-state index contributed by atoms with van der Waals surface area (Å²) in [5.41, 5.74) is 1.21. The Bertz CT molecular complexity index is 350. The third kappa shape index (κ3) is 2.78. The molecule has 0 saturated heterocycles. The number of benzene rings is 1. The topological polar surface area (TPSA) is 12.0 Å². The van der Waals surface area contributed by atoms with Crippen molar-refractivity contribution in [1.82, 2.24) is 5.32 Å². The fourth-order valence-electron chi connectivity index (χ4n) is 2.63. The molecule has 1 aromatic rings. The summed E-state index contributed by atoms with van der Waals surface area (Å²) < 4.78 is 0. The van der Waals surface area contributed by atoms with Gasteiger partial charge in [0.1, 0.15) is 0 Å². The molecule has 0 spiro atoms. The zero-order valence-electron chi connectivity index (χ0n) is 10.0. The first-order valence-electron chi connectivity index (χ1n) is 6.17. The Morgan fingerprint density at radius 1 is 1.31 bits per heavy atom. The minimum Gasteiger partial charge on any atom is -0.307 e. The van der Waals surface area contributed by atoms with E-state index in [0.717, 1.165) is 10.9 Å². The van der Waals surface area contributed by atoms with Crippen molar-refractivity contribution < 1.29 is 0 Å². The van der Waals surface area contributed by atoms with Crippen molar-refractivity contribution in [3.05, 3.63) is 34.9 Å². The van der Waals surface area contributed by atoms with E-state index in [1.54, 1.807) is 0 Å². The molecule has 1 nitrogen and oxygen atoms in total. The third-order valence-corrected chi connectivity index (χ3v) is 3.90. The number of halogens is 1. The largest absolute Gasteiger partial charge is 0.307 e. The molecular formula is C14H20ClN. The van der Waals surface area contributed by atoms with E-state index >= 15 is 0 Å². The predicted molar refractivity (Wildman–Crippen MR) is 69.8 cm³/mol. The van der Waals surface area contributed by atoms with E-state index in [1.807, 2.05) is 12.1 Å². The van der Waals surface area contributed by atoms with Gasteiger partial charge in [0.25, 0.3) is 0 Å². The van der Waals surface area contributed by atoms with Crippen molar-refractivity contribution in [3.63, 3.8) is 0 Å². The molecule has 2 heteroatoms. The molecular weight excluding hydrogens is 218 g/mol. The maximum absolute atomic E-state index is 6.19. The normalized spacial score (nSPS) is 26.9. The van der Waals surface area contributed by atoms with Crippen LogP contribution < -0.4 is 5.32 Å². The molecule has 2 unspecified atom stereocenters. The van der Waals surface area contributed by atoms with E-state index in [0.29, 0.717) is 12.1 Å². The minimum absolute atomic E-state index is 0.351. The average Bonchev–Trinajstić information content (AvgIpc) is 2.64. The first-order chi connectivity index (χ1) is 7.66. The van der Waals surface area contributed by atoms with Gasteiger partial charge in [0.2, 0.25) is 0 Å². The maximum atomic E-state index is 6.19. The quantitative estimate of drug-likeness (QED) is 0.832. The first-order valence-corrected chi connectivity index (χ1v) is 6.55. The Morgan fingerprint density at radius 3 is 2.69 bits per heavy atom. The number of hydrogen-bond acceptors (Lipinski definition) is 1. The summed E-state index contributed by atoms with van der Waals surface area (Å²) in [5.74, 6) is 0.871. The summed E-state index contributed by atoms with van der Waals surface area (Å²) >= 11 is 6.19. The lowest BCUT2D eigenvalue weighted by molar-refractivity contribution is 0.449. The second-order valence-electron chi connectivity index (χ2n) is 5.03. The van der Waals surface area contributed by atoms with Crippen LogP contribution in [0.4, 0.5) is 0 Å². The van der Waals surface area contributed by atoms with Crippen LogP contribution >= 0.6 is 11.6 Å². The van der Waals surface area contributed by atoms with Crippen molar-refractivity contribution in [3.8, 4) is 0 Å². The van der Waals surface area contributed by atoms with E-state index in [-0.39, 0.29) is 0 Å². The van der Waals surface area contributed by atoms with E-state index < -0.39 is 0 Å². The van der Waals surface area contributed by atoms with Crippen LogP contribution in [0.2, 0.25) is 5.02 Å². The molecule has 16 heavy (non-hydrogen) atoms. The second kappa shape index (κ2) is 5.20. The van der Waals surface area contributed by atoms with Crippen LogP contribution in [0.1, 0.15) is 44.7 Å². The Labute approximate surface area is 103 Å². The Kier molecular flexibility index (Phi) is 3.88. The smallest absolute Gasteiger partial charge is 0.0453 e. The average molecular weight is 238 g/mol. The molecule has 0 radical (unpaired) electrons. The van der Waals surface area contributed by atoms with Gasteiger partial charge in [0.15, 0.2) is 0 Å².